The molecule has 1 saturated heterocycles. The maximum Gasteiger partial charge on any atom is 0.262 e. The molecule has 2 aliphatic rings. The Kier molecular flexibility index (Phi) is 5.58. The highest BCUT2D eigenvalue weighted by molar-refractivity contribution is 6.22. The van der Waals surface area contributed by atoms with Crippen LogP contribution in [0.15, 0.2) is 24.3 Å². The van der Waals surface area contributed by atoms with Crippen LogP contribution < -0.4 is 0 Å². The van der Waals surface area contributed by atoms with Crippen molar-refractivity contribution in [1.82, 2.24) is 14.7 Å². The van der Waals surface area contributed by atoms with E-state index in [2.05, 4.69) is 0 Å². The second kappa shape index (κ2) is 7.90. The zero-order chi connectivity index (χ0) is 19.6. The summed E-state index contributed by atoms with van der Waals surface area (Å²) in [6.45, 7) is 5.81. The molecule has 1 fully saturated rings. The molecule has 1 aromatic carbocycles. The first-order valence-electron chi connectivity index (χ1n) is 9.39. The van der Waals surface area contributed by atoms with Crippen LogP contribution in [0.4, 0.5) is 0 Å². The topological polar surface area (TPSA) is 78.0 Å². The summed E-state index contributed by atoms with van der Waals surface area (Å²) in [5.74, 6) is -0.699. The number of nitrogens with zero attached hydrogens (tertiary/aromatic N) is 3. The predicted molar refractivity (Wildman–Crippen MR) is 99.0 cm³/mol. The Balaban J connectivity index is 1.60. The summed E-state index contributed by atoms with van der Waals surface area (Å²) >= 11 is 0. The Labute approximate surface area is 158 Å². The van der Waals surface area contributed by atoms with Gasteiger partial charge in [-0.05, 0) is 24.5 Å². The van der Waals surface area contributed by atoms with Crippen LogP contribution in [0.25, 0.3) is 0 Å². The van der Waals surface area contributed by atoms with Crippen molar-refractivity contribution < 1.29 is 19.2 Å². The normalized spacial score (nSPS) is 17.4. The smallest absolute Gasteiger partial charge is 0.262 e. The van der Waals surface area contributed by atoms with E-state index >= 15 is 0 Å². The van der Waals surface area contributed by atoms with Crippen LogP contribution >= 0.6 is 0 Å². The summed E-state index contributed by atoms with van der Waals surface area (Å²) in [6.07, 6.45) is 1.20. The van der Waals surface area contributed by atoms with Crippen LogP contribution in [0, 0.1) is 5.92 Å². The van der Waals surface area contributed by atoms with Gasteiger partial charge in [0.2, 0.25) is 11.8 Å². The van der Waals surface area contributed by atoms with E-state index in [0.717, 1.165) is 4.90 Å². The van der Waals surface area contributed by atoms with Gasteiger partial charge in [0.15, 0.2) is 0 Å². The molecule has 0 aromatic heterocycles. The van der Waals surface area contributed by atoms with E-state index in [4.69, 9.17) is 0 Å². The fraction of sp³-hybridized carbons (Fsp3) is 0.500. The van der Waals surface area contributed by atoms with Gasteiger partial charge in [0.25, 0.3) is 11.8 Å². The van der Waals surface area contributed by atoms with Gasteiger partial charge in [-0.25, -0.2) is 0 Å². The summed E-state index contributed by atoms with van der Waals surface area (Å²) in [7, 11) is 0. The van der Waals surface area contributed by atoms with E-state index in [1.807, 2.05) is 13.8 Å². The van der Waals surface area contributed by atoms with Crippen LogP contribution in [0.3, 0.4) is 0 Å². The van der Waals surface area contributed by atoms with Crippen molar-refractivity contribution in [3.05, 3.63) is 35.4 Å². The highest BCUT2D eigenvalue weighted by atomic mass is 16.2. The minimum absolute atomic E-state index is 0.111. The second-order valence-corrected chi connectivity index (χ2v) is 7.46. The molecular weight excluding hydrogens is 346 g/mol. The van der Waals surface area contributed by atoms with Crippen molar-refractivity contribution in [3.8, 4) is 0 Å². The average molecular weight is 371 g/mol. The summed E-state index contributed by atoms with van der Waals surface area (Å²) in [5, 5.41) is 0. The second-order valence-electron chi connectivity index (χ2n) is 7.46. The fourth-order valence-corrected chi connectivity index (χ4v) is 3.51. The summed E-state index contributed by atoms with van der Waals surface area (Å²) in [5.41, 5.74) is 0.688. The predicted octanol–water partition coefficient (Wildman–Crippen LogP) is 1.39. The number of hydrogen-bond acceptors (Lipinski definition) is 4. The molecule has 0 aliphatic carbocycles. The molecule has 0 spiro atoms. The van der Waals surface area contributed by atoms with E-state index < -0.39 is 11.8 Å². The standard InChI is InChI=1S/C20H25N3O4/c1-14(2)12-17(24)21-8-5-9-22(11-10-21)18(25)13-23-19(26)15-6-3-4-7-16(15)20(23)27/h3-4,6-7,14H,5,8-13H2,1-2H3. The molecule has 0 N–H and O–H groups in total. The molecule has 27 heavy (non-hydrogen) atoms. The molecule has 2 heterocycles. The number of benzene rings is 1. The maximum atomic E-state index is 12.7. The Morgan fingerprint density at radius 3 is 1.93 bits per heavy atom. The van der Waals surface area contributed by atoms with E-state index in [1.165, 1.54) is 0 Å². The van der Waals surface area contributed by atoms with Crippen molar-refractivity contribution in [1.29, 1.82) is 0 Å². The van der Waals surface area contributed by atoms with E-state index in [9.17, 15) is 19.2 Å². The lowest BCUT2D eigenvalue weighted by atomic mass is 10.1. The number of carbonyl (C=O) groups excluding carboxylic acids is 4. The SMILES string of the molecule is CC(C)CC(=O)N1CCCN(C(=O)CN2C(=O)c3ccccc3C2=O)CC1. The summed E-state index contributed by atoms with van der Waals surface area (Å²) < 4.78 is 0. The fourth-order valence-electron chi connectivity index (χ4n) is 3.51. The quantitative estimate of drug-likeness (QED) is 0.750. The number of amides is 4. The Hall–Kier alpha value is -2.70. The van der Waals surface area contributed by atoms with Gasteiger partial charge in [-0.15, -0.1) is 0 Å². The molecule has 0 bridgehead atoms. The third kappa shape index (κ3) is 4.02. The van der Waals surface area contributed by atoms with Crippen molar-refractivity contribution in [2.75, 3.05) is 32.7 Å². The molecular formula is C20H25N3O4. The maximum absolute atomic E-state index is 12.7. The molecule has 0 unspecified atom stereocenters. The van der Waals surface area contributed by atoms with Gasteiger partial charge < -0.3 is 9.80 Å². The third-order valence-electron chi connectivity index (χ3n) is 4.96. The first-order valence-corrected chi connectivity index (χ1v) is 9.39. The molecule has 0 atom stereocenters. The monoisotopic (exact) mass is 371 g/mol. The summed E-state index contributed by atoms with van der Waals surface area (Å²) in [4.78, 5) is 54.2. The Bertz CT molecular complexity index is 739. The van der Waals surface area contributed by atoms with Gasteiger partial charge in [-0.3, -0.25) is 24.1 Å². The number of fused-ring (bicyclic) bond motifs is 1. The number of rotatable bonds is 4. The highest BCUT2D eigenvalue weighted by Gasteiger charge is 2.37. The Morgan fingerprint density at radius 2 is 1.41 bits per heavy atom. The van der Waals surface area contributed by atoms with Crippen molar-refractivity contribution in [2.24, 2.45) is 5.92 Å². The zero-order valence-corrected chi connectivity index (χ0v) is 15.8. The van der Waals surface area contributed by atoms with E-state index in [1.54, 1.807) is 34.1 Å². The van der Waals surface area contributed by atoms with Gasteiger partial charge in [0.1, 0.15) is 6.54 Å². The van der Waals surface area contributed by atoms with Gasteiger partial charge in [0, 0.05) is 32.6 Å². The van der Waals surface area contributed by atoms with Crippen LogP contribution in [-0.4, -0.2) is 71.1 Å². The molecule has 1 aromatic rings. The van der Waals surface area contributed by atoms with E-state index in [-0.39, 0.29) is 18.4 Å². The van der Waals surface area contributed by atoms with Crippen LogP contribution in [0.5, 0.6) is 0 Å². The highest BCUT2D eigenvalue weighted by Crippen LogP contribution is 2.22. The number of imide groups is 1. The van der Waals surface area contributed by atoms with Gasteiger partial charge in [-0.1, -0.05) is 26.0 Å². The van der Waals surface area contributed by atoms with Crippen molar-refractivity contribution in [2.45, 2.75) is 26.7 Å². The van der Waals surface area contributed by atoms with Gasteiger partial charge in [0.05, 0.1) is 11.1 Å². The molecule has 144 valence electrons. The van der Waals surface area contributed by atoms with Crippen molar-refractivity contribution >= 4 is 23.6 Å². The molecule has 7 heteroatoms. The minimum atomic E-state index is -0.424. The van der Waals surface area contributed by atoms with Gasteiger partial charge >= 0.3 is 0 Å². The van der Waals surface area contributed by atoms with Crippen LogP contribution in [-0.2, 0) is 9.59 Å². The third-order valence-corrected chi connectivity index (χ3v) is 4.96. The lowest BCUT2D eigenvalue weighted by Gasteiger charge is -2.24. The van der Waals surface area contributed by atoms with Crippen LogP contribution in [0.2, 0.25) is 0 Å². The molecule has 7 nitrogen and oxygen atoms in total. The first kappa shape index (κ1) is 19.1. The molecule has 0 saturated carbocycles. The van der Waals surface area contributed by atoms with Crippen molar-refractivity contribution in [3.63, 3.8) is 0 Å². The van der Waals surface area contributed by atoms with E-state index in [0.29, 0.717) is 56.1 Å². The first-order chi connectivity index (χ1) is 12.9. The average Bonchev–Trinajstić information content (AvgIpc) is 2.83. The Morgan fingerprint density at radius 1 is 0.889 bits per heavy atom. The van der Waals surface area contributed by atoms with Gasteiger partial charge in [-0.2, -0.15) is 0 Å². The minimum Gasteiger partial charge on any atom is -0.341 e. The lowest BCUT2D eigenvalue weighted by molar-refractivity contribution is -0.134. The zero-order valence-electron chi connectivity index (χ0n) is 15.8. The molecule has 3 rings (SSSR count). The lowest BCUT2D eigenvalue weighted by Crippen LogP contribution is -2.44. The molecule has 4 amide bonds. The number of hydrogen-bond donors (Lipinski definition) is 0. The summed E-state index contributed by atoms with van der Waals surface area (Å²) in [6, 6.07) is 6.61. The van der Waals surface area contributed by atoms with Crippen LogP contribution in [0.1, 0.15) is 47.4 Å². The largest absolute Gasteiger partial charge is 0.341 e. The molecule has 0 radical (unpaired) electrons. The molecule has 2 aliphatic heterocycles. The number of carbonyl (C=O) groups is 4.